The van der Waals surface area contributed by atoms with Gasteiger partial charge in [0.1, 0.15) is 0 Å². The highest BCUT2D eigenvalue weighted by atomic mass is 32.2. The number of furan rings is 2. The van der Waals surface area contributed by atoms with Crippen LogP contribution in [0, 0.1) is 0 Å². The van der Waals surface area contributed by atoms with Gasteiger partial charge in [0.05, 0.1) is 56.9 Å². The van der Waals surface area contributed by atoms with E-state index in [2.05, 4.69) is 31.3 Å². The van der Waals surface area contributed by atoms with E-state index in [-0.39, 0.29) is 21.7 Å². The Balaban J connectivity index is 1.16. The van der Waals surface area contributed by atoms with Crippen LogP contribution in [-0.2, 0) is 19.4 Å². The van der Waals surface area contributed by atoms with Crippen LogP contribution in [0.1, 0.15) is 25.4 Å². The summed E-state index contributed by atoms with van der Waals surface area (Å²) in [7, 11) is -3.93. The number of nitrogens with two attached hydrogens (primary N) is 2. The van der Waals surface area contributed by atoms with E-state index >= 15 is 0 Å². The Labute approximate surface area is 269 Å². The summed E-state index contributed by atoms with van der Waals surface area (Å²) in [5.74, 6) is 0.227. The van der Waals surface area contributed by atoms with Gasteiger partial charge in [0.25, 0.3) is 11.8 Å². The first kappa shape index (κ1) is 30.9. The summed E-state index contributed by atoms with van der Waals surface area (Å²) in [5.41, 5.74) is 13.9. The standard InChI is InChI=1S/C32H30N8O6S/c1-17-25(27(39-31(33)35-17)23-5-3-15-45-23)29(41)37-19-7-11-21(12-8-19)47(43,44)22-13-9-20(10-14-22)38-30(42)26-18(2)36-32(34)40-28(26)24-6-4-16-46-24/h3-18H,1-2H3,(H,37,41)(H,38,42)(H3,33,35,39)(H3,34,36,40). The van der Waals surface area contributed by atoms with Crippen molar-refractivity contribution in [1.29, 1.82) is 0 Å². The zero-order valence-electron chi connectivity index (χ0n) is 25.1. The van der Waals surface area contributed by atoms with Crippen LogP contribution in [0.25, 0.3) is 11.4 Å². The van der Waals surface area contributed by atoms with Crippen molar-refractivity contribution in [2.24, 2.45) is 21.5 Å². The first-order valence-corrected chi connectivity index (χ1v) is 15.8. The molecular weight excluding hydrogens is 624 g/mol. The summed E-state index contributed by atoms with van der Waals surface area (Å²) < 4.78 is 37.7. The first-order valence-electron chi connectivity index (χ1n) is 14.4. The van der Waals surface area contributed by atoms with Gasteiger partial charge < -0.3 is 41.6 Å². The highest BCUT2D eigenvalue weighted by Crippen LogP contribution is 2.28. The van der Waals surface area contributed by atoms with Gasteiger partial charge in [-0.05, 0) is 86.6 Å². The van der Waals surface area contributed by atoms with Crippen LogP contribution in [0.3, 0.4) is 0 Å². The Hall–Kier alpha value is -6.09. The highest BCUT2D eigenvalue weighted by molar-refractivity contribution is 7.91. The zero-order valence-corrected chi connectivity index (χ0v) is 26.0. The molecule has 0 aliphatic carbocycles. The molecule has 8 N–H and O–H groups in total. The Bertz CT molecular complexity index is 1920. The molecule has 0 fully saturated rings. The van der Waals surface area contributed by atoms with Gasteiger partial charge in [0.2, 0.25) is 9.84 Å². The fourth-order valence-corrected chi connectivity index (χ4v) is 6.48. The monoisotopic (exact) mass is 654 g/mol. The second-order valence-corrected chi connectivity index (χ2v) is 12.6. The molecule has 240 valence electrons. The van der Waals surface area contributed by atoms with Gasteiger partial charge in [-0.25, -0.2) is 18.4 Å². The lowest BCUT2D eigenvalue weighted by Gasteiger charge is -2.23. The van der Waals surface area contributed by atoms with E-state index < -0.39 is 33.7 Å². The van der Waals surface area contributed by atoms with E-state index in [1.807, 2.05) is 0 Å². The molecule has 2 atom stereocenters. The van der Waals surface area contributed by atoms with Crippen LogP contribution in [0.4, 0.5) is 11.4 Å². The number of hydrogen-bond acceptors (Lipinski definition) is 12. The number of amides is 2. The van der Waals surface area contributed by atoms with Gasteiger partial charge in [0, 0.05) is 11.4 Å². The van der Waals surface area contributed by atoms with Gasteiger partial charge in [0.15, 0.2) is 23.4 Å². The number of nitrogens with one attached hydrogen (secondary N) is 4. The second kappa shape index (κ2) is 12.4. The summed E-state index contributed by atoms with van der Waals surface area (Å²) in [4.78, 5) is 35.1. The summed E-state index contributed by atoms with van der Waals surface area (Å²) >= 11 is 0. The molecule has 0 saturated carbocycles. The van der Waals surface area contributed by atoms with Crippen molar-refractivity contribution in [2.45, 2.75) is 35.7 Å². The van der Waals surface area contributed by atoms with Crippen molar-refractivity contribution < 1.29 is 26.8 Å². The highest BCUT2D eigenvalue weighted by Gasteiger charge is 2.30. The molecule has 0 spiro atoms. The van der Waals surface area contributed by atoms with E-state index in [1.54, 1.807) is 38.1 Å². The normalized spacial score (nSPS) is 18.1. The third-order valence-corrected chi connectivity index (χ3v) is 9.20. The van der Waals surface area contributed by atoms with Crippen molar-refractivity contribution >= 4 is 56.3 Å². The average Bonchev–Trinajstić information content (AvgIpc) is 3.76. The van der Waals surface area contributed by atoms with E-state index in [0.717, 1.165) is 0 Å². The zero-order chi connectivity index (χ0) is 33.3. The van der Waals surface area contributed by atoms with Gasteiger partial charge >= 0.3 is 0 Å². The molecule has 0 bridgehead atoms. The molecular formula is C32H30N8O6S. The van der Waals surface area contributed by atoms with Crippen molar-refractivity contribution in [3.05, 3.63) is 108 Å². The number of anilines is 2. The van der Waals surface area contributed by atoms with Crippen LogP contribution >= 0.6 is 0 Å². The number of carbonyl (C=O) groups excluding carboxylic acids is 2. The molecule has 0 saturated heterocycles. The van der Waals surface area contributed by atoms with Crippen LogP contribution in [-0.4, -0.2) is 44.2 Å². The molecule has 2 amide bonds. The Kier molecular flexibility index (Phi) is 8.13. The predicted molar refractivity (Wildman–Crippen MR) is 175 cm³/mol. The molecule has 6 rings (SSSR count). The lowest BCUT2D eigenvalue weighted by molar-refractivity contribution is -0.113. The number of rotatable bonds is 8. The minimum absolute atomic E-state index is 0.0126. The molecule has 0 radical (unpaired) electrons. The maximum atomic E-state index is 13.4. The SMILES string of the molecule is CC1N=C(N)NC(c2ccco2)=C1C(=O)Nc1ccc(S(=O)(=O)c2ccc(NC(=O)C3=C(c4ccco4)NC(N)=NC3C)cc2)cc1. The summed E-state index contributed by atoms with van der Waals surface area (Å²) in [6, 6.07) is 17.2. The molecule has 2 aromatic carbocycles. The third kappa shape index (κ3) is 6.24. The number of carbonyl (C=O) groups is 2. The van der Waals surface area contributed by atoms with Crippen molar-refractivity contribution in [2.75, 3.05) is 10.6 Å². The summed E-state index contributed by atoms with van der Waals surface area (Å²) in [5, 5.41) is 11.3. The third-order valence-electron chi connectivity index (χ3n) is 7.42. The minimum atomic E-state index is -3.93. The lowest BCUT2D eigenvalue weighted by Crippen LogP contribution is -2.39. The Morgan fingerprint density at radius 3 is 1.40 bits per heavy atom. The molecule has 15 heteroatoms. The fraction of sp³-hybridized carbons (Fsp3) is 0.125. The molecule has 2 aliphatic heterocycles. The van der Waals surface area contributed by atoms with Gasteiger partial charge in [-0.2, -0.15) is 0 Å². The summed E-state index contributed by atoms with van der Waals surface area (Å²) in [6.45, 7) is 3.46. The van der Waals surface area contributed by atoms with Crippen LogP contribution < -0.4 is 32.7 Å². The van der Waals surface area contributed by atoms with Gasteiger partial charge in [-0.3, -0.25) is 9.59 Å². The molecule has 4 aromatic rings. The molecule has 47 heavy (non-hydrogen) atoms. The first-order chi connectivity index (χ1) is 22.5. The summed E-state index contributed by atoms with van der Waals surface area (Å²) in [6.07, 6.45) is 2.96. The average molecular weight is 655 g/mol. The van der Waals surface area contributed by atoms with Crippen LogP contribution in [0.2, 0.25) is 0 Å². The van der Waals surface area contributed by atoms with Crippen LogP contribution in [0.5, 0.6) is 0 Å². The van der Waals surface area contributed by atoms with Gasteiger partial charge in [-0.15, -0.1) is 0 Å². The van der Waals surface area contributed by atoms with E-state index in [4.69, 9.17) is 20.3 Å². The minimum Gasteiger partial charge on any atom is -0.463 e. The smallest absolute Gasteiger partial charge is 0.256 e. The number of hydrogen-bond donors (Lipinski definition) is 6. The van der Waals surface area contributed by atoms with Crippen molar-refractivity contribution in [3.8, 4) is 0 Å². The fourth-order valence-electron chi connectivity index (χ4n) is 5.22. The molecule has 2 aliphatic rings. The van der Waals surface area contributed by atoms with E-state index in [9.17, 15) is 18.0 Å². The molecule has 2 aromatic heterocycles. The van der Waals surface area contributed by atoms with Crippen molar-refractivity contribution in [3.63, 3.8) is 0 Å². The number of benzene rings is 2. The topological polar surface area (TPSA) is 219 Å². The Morgan fingerprint density at radius 1 is 0.681 bits per heavy atom. The number of guanidine groups is 2. The predicted octanol–water partition coefficient (Wildman–Crippen LogP) is 3.02. The molecule has 2 unspecified atom stereocenters. The number of aliphatic imine (C=N–C) groups is 2. The largest absolute Gasteiger partial charge is 0.463 e. The Morgan fingerprint density at radius 2 is 1.06 bits per heavy atom. The lowest BCUT2D eigenvalue weighted by atomic mass is 10.0. The van der Waals surface area contributed by atoms with Crippen LogP contribution in [0.15, 0.2) is 125 Å². The number of sulfone groups is 1. The maximum absolute atomic E-state index is 13.4. The van der Waals surface area contributed by atoms with Gasteiger partial charge in [-0.1, -0.05) is 0 Å². The van der Waals surface area contributed by atoms with E-state index in [1.165, 1.54) is 61.1 Å². The molecule has 4 heterocycles. The van der Waals surface area contributed by atoms with E-state index in [0.29, 0.717) is 45.4 Å². The number of nitrogens with zero attached hydrogens (tertiary/aromatic N) is 2. The second-order valence-electron chi connectivity index (χ2n) is 10.6. The molecule has 14 nitrogen and oxygen atoms in total. The quantitative estimate of drug-likeness (QED) is 0.163. The maximum Gasteiger partial charge on any atom is 0.256 e. The van der Waals surface area contributed by atoms with Crippen molar-refractivity contribution in [1.82, 2.24) is 10.6 Å².